The van der Waals surface area contributed by atoms with Crippen molar-refractivity contribution in [3.63, 3.8) is 0 Å². The largest absolute Gasteiger partial charge is 0.494 e. The summed E-state index contributed by atoms with van der Waals surface area (Å²) in [6.45, 7) is 3.96. The van der Waals surface area contributed by atoms with E-state index in [-0.39, 0.29) is 27.5 Å². The number of hydrogen-bond acceptors (Lipinski definition) is 9. The summed E-state index contributed by atoms with van der Waals surface area (Å²) in [7, 11) is 0.618. The monoisotopic (exact) mass is 620 g/mol. The van der Waals surface area contributed by atoms with Gasteiger partial charge in [0.1, 0.15) is 16.6 Å². The van der Waals surface area contributed by atoms with Crippen LogP contribution >= 0.6 is 22.5 Å². The van der Waals surface area contributed by atoms with Crippen molar-refractivity contribution < 1.29 is 32.2 Å². The highest BCUT2D eigenvalue weighted by Gasteiger charge is 2.41. The topological polar surface area (TPSA) is 128 Å². The summed E-state index contributed by atoms with van der Waals surface area (Å²) in [4.78, 5) is 44.7. The average Bonchev–Trinajstić information content (AvgIpc) is 3.49. The number of halogens is 4. The van der Waals surface area contributed by atoms with Crippen LogP contribution in [0.1, 0.15) is 39.0 Å². The van der Waals surface area contributed by atoms with Gasteiger partial charge < -0.3 is 20.1 Å². The smallest absolute Gasteiger partial charge is 0.433 e. The zero-order chi connectivity index (χ0) is 30.3. The predicted octanol–water partition coefficient (Wildman–Crippen LogP) is 4.68. The molecule has 220 valence electrons. The molecule has 3 aromatic rings. The van der Waals surface area contributed by atoms with E-state index in [9.17, 15) is 22.8 Å². The third-order valence-corrected chi connectivity index (χ3v) is 9.22. The van der Waals surface area contributed by atoms with Crippen LogP contribution in [0.4, 0.5) is 13.2 Å². The van der Waals surface area contributed by atoms with Gasteiger partial charge in [0.15, 0.2) is 5.17 Å². The van der Waals surface area contributed by atoms with E-state index in [1.807, 2.05) is 6.92 Å². The van der Waals surface area contributed by atoms with Crippen LogP contribution < -0.4 is 20.1 Å². The van der Waals surface area contributed by atoms with Gasteiger partial charge in [0.25, 0.3) is 5.91 Å². The number of pyridine rings is 3. The number of nitrogens with zero attached hydrogens (tertiary/aromatic N) is 4. The standard InChI is InChI=1S/C27H24ClF3N6O4S/c1-12-7-15(16-8-21(28)34-11-19(16)40-3)17(9-32-12)23(38)37-26-35-18-10-33-13(2)22(18)42(26)25(39)14-5-6-20(27(29,30)31)36-24(14)41-4/h5-9,11,13,33,42H,10H2,1-4H3,(H,35,37,38). The molecule has 0 saturated heterocycles. The number of alkyl halides is 3. The van der Waals surface area contributed by atoms with Crippen LogP contribution in [0, 0.1) is 6.92 Å². The highest BCUT2D eigenvalue weighted by molar-refractivity contribution is 8.44. The van der Waals surface area contributed by atoms with E-state index >= 15 is 0 Å². The van der Waals surface area contributed by atoms with E-state index < -0.39 is 39.7 Å². The Morgan fingerprint density at radius 2 is 1.86 bits per heavy atom. The molecule has 15 heteroatoms. The first-order chi connectivity index (χ1) is 19.9. The van der Waals surface area contributed by atoms with Crippen LogP contribution in [0.25, 0.3) is 11.1 Å². The van der Waals surface area contributed by atoms with E-state index in [0.717, 1.165) is 19.2 Å². The van der Waals surface area contributed by atoms with Crippen molar-refractivity contribution in [1.82, 2.24) is 25.6 Å². The first-order valence-electron chi connectivity index (χ1n) is 12.4. The Kier molecular flexibility index (Phi) is 7.96. The molecule has 0 saturated carbocycles. The van der Waals surface area contributed by atoms with E-state index in [2.05, 4.69) is 30.6 Å². The fourth-order valence-electron chi connectivity index (χ4n) is 4.65. The third-order valence-electron chi connectivity index (χ3n) is 6.61. The van der Waals surface area contributed by atoms with Gasteiger partial charge in [0.05, 0.1) is 37.2 Å². The van der Waals surface area contributed by atoms with Gasteiger partial charge in [-0.15, -0.1) is 10.9 Å². The lowest BCUT2D eigenvalue weighted by molar-refractivity contribution is -0.141. The molecule has 2 aliphatic heterocycles. The van der Waals surface area contributed by atoms with Gasteiger partial charge in [0, 0.05) is 40.5 Å². The Labute approximate surface area is 245 Å². The van der Waals surface area contributed by atoms with Crippen LogP contribution in [-0.4, -0.2) is 57.9 Å². The molecule has 2 atom stereocenters. The maximum absolute atomic E-state index is 13.9. The summed E-state index contributed by atoms with van der Waals surface area (Å²) >= 11 is 6.15. The Balaban J connectivity index is 1.53. The lowest BCUT2D eigenvalue weighted by atomic mass is 10.0. The number of amidine groups is 1. The molecule has 5 heterocycles. The van der Waals surface area contributed by atoms with Crippen molar-refractivity contribution in [3.8, 4) is 22.8 Å². The van der Waals surface area contributed by atoms with E-state index in [0.29, 0.717) is 39.7 Å². The number of amides is 1. The molecule has 0 fully saturated rings. The third kappa shape index (κ3) is 5.44. The summed E-state index contributed by atoms with van der Waals surface area (Å²) in [5.74, 6) is -0.703. The van der Waals surface area contributed by atoms with Gasteiger partial charge in [-0.25, -0.2) is 15.0 Å². The van der Waals surface area contributed by atoms with Crippen molar-refractivity contribution >= 4 is 38.7 Å². The number of rotatable bonds is 5. The SMILES string of the molecule is COc1cnc(Cl)cc1-c1cc(C)ncc1C(=O)NC1=NC2=C(C(C)NC2)[SH]1C(=O)c1ccc(C(F)(F)F)nc1OC. The molecule has 0 aromatic carbocycles. The van der Waals surface area contributed by atoms with Gasteiger partial charge in [-0.2, -0.15) is 13.2 Å². The minimum atomic E-state index is -4.73. The predicted molar refractivity (Wildman–Crippen MR) is 152 cm³/mol. The molecule has 2 N–H and O–H groups in total. The van der Waals surface area contributed by atoms with Gasteiger partial charge in [-0.3, -0.25) is 14.6 Å². The molecule has 1 amide bonds. The summed E-state index contributed by atoms with van der Waals surface area (Å²) < 4.78 is 50.3. The summed E-state index contributed by atoms with van der Waals surface area (Å²) in [5, 5.41) is 5.70. The van der Waals surface area contributed by atoms with E-state index in [1.165, 1.54) is 19.5 Å². The maximum Gasteiger partial charge on any atom is 0.433 e. The minimum Gasteiger partial charge on any atom is -0.494 e. The maximum atomic E-state index is 13.9. The van der Waals surface area contributed by atoms with Crippen LogP contribution in [0.3, 0.4) is 0 Å². The highest BCUT2D eigenvalue weighted by atomic mass is 35.5. The van der Waals surface area contributed by atoms with E-state index in [4.69, 9.17) is 21.1 Å². The summed E-state index contributed by atoms with van der Waals surface area (Å²) in [5.41, 5.74) is 0.964. The summed E-state index contributed by atoms with van der Waals surface area (Å²) in [6, 6.07) is 4.74. The number of ether oxygens (including phenoxy) is 2. The van der Waals surface area contributed by atoms with Crippen LogP contribution in [0.2, 0.25) is 5.15 Å². The zero-order valence-electron chi connectivity index (χ0n) is 22.6. The highest BCUT2D eigenvalue weighted by Crippen LogP contribution is 2.50. The number of methoxy groups -OCH3 is 2. The minimum absolute atomic E-state index is 0.0894. The number of aromatic nitrogens is 3. The molecule has 3 aromatic heterocycles. The number of thiol groups is 1. The average molecular weight is 621 g/mol. The van der Waals surface area contributed by atoms with Gasteiger partial charge >= 0.3 is 6.18 Å². The van der Waals surface area contributed by atoms with Crippen LogP contribution in [0.15, 0.2) is 52.3 Å². The number of aryl methyl sites for hydroxylation is 1. The summed E-state index contributed by atoms with van der Waals surface area (Å²) in [6.07, 6.45) is -1.90. The normalized spacial score (nSPS) is 18.9. The zero-order valence-corrected chi connectivity index (χ0v) is 24.3. The van der Waals surface area contributed by atoms with Crippen molar-refractivity contribution in [1.29, 1.82) is 0 Å². The van der Waals surface area contributed by atoms with Crippen molar-refractivity contribution in [2.75, 3.05) is 20.8 Å². The second-order valence-corrected chi connectivity index (χ2v) is 11.7. The number of aliphatic imine (C=N–C) groups is 1. The fraction of sp³-hybridized carbons (Fsp3) is 0.259. The number of carbonyl (C=O) groups excluding carboxylic acids is 2. The molecule has 0 bridgehead atoms. The van der Waals surface area contributed by atoms with E-state index in [1.54, 1.807) is 19.1 Å². The quantitative estimate of drug-likeness (QED) is 0.277. The molecule has 0 spiro atoms. The first-order valence-corrected chi connectivity index (χ1v) is 14.1. The lowest BCUT2D eigenvalue weighted by Gasteiger charge is -2.24. The Hall–Kier alpha value is -4.01. The van der Waals surface area contributed by atoms with Crippen molar-refractivity contribution in [2.24, 2.45) is 4.99 Å². The Morgan fingerprint density at radius 1 is 1.10 bits per heavy atom. The van der Waals surface area contributed by atoms with Gasteiger partial charge in [0.2, 0.25) is 11.0 Å². The Bertz CT molecular complexity index is 1680. The first kappa shape index (κ1) is 29.5. The molecule has 0 radical (unpaired) electrons. The number of hydrogen-bond donors (Lipinski definition) is 3. The van der Waals surface area contributed by atoms with Crippen molar-refractivity contribution in [2.45, 2.75) is 26.1 Å². The number of carbonyl (C=O) groups is 2. The van der Waals surface area contributed by atoms with Gasteiger partial charge in [-0.05, 0) is 38.1 Å². The van der Waals surface area contributed by atoms with Crippen LogP contribution in [-0.2, 0) is 6.18 Å². The fourth-order valence-corrected chi connectivity index (χ4v) is 7.16. The molecule has 2 unspecified atom stereocenters. The molecular formula is C27H24ClF3N6O4S. The van der Waals surface area contributed by atoms with Crippen molar-refractivity contribution in [3.05, 3.63) is 74.9 Å². The molecule has 0 aliphatic carbocycles. The molecular weight excluding hydrogens is 597 g/mol. The molecule has 10 nitrogen and oxygen atoms in total. The second kappa shape index (κ2) is 11.3. The van der Waals surface area contributed by atoms with Gasteiger partial charge in [-0.1, -0.05) is 11.6 Å². The lowest BCUT2D eigenvalue weighted by Crippen LogP contribution is -2.34. The molecule has 2 aliphatic rings. The molecule has 5 rings (SSSR count). The Morgan fingerprint density at radius 3 is 2.55 bits per heavy atom. The number of nitrogens with one attached hydrogen (secondary N) is 2. The molecule has 42 heavy (non-hydrogen) atoms. The van der Waals surface area contributed by atoms with Crippen LogP contribution in [0.5, 0.6) is 11.6 Å². The second-order valence-electron chi connectivity index (χ2n) is 9.29.